The maximum Gasteiger partial charge on any atom is 0.309 e. The molecule has 0 aliphatic heterocycles. The second-order valence-electron chi connectivity index (χ2n) is 3.98. The Morgan fingerprint density at radius 2 is 1.84 bits per heavy atom. The highest BCUT2D eigenvalue weighted by Crippen LogP contribution is 2.13. The molecule has 1 aromatic heterocycles. The van der Waals surface area contributed by atoms with Crippen molar-refractivity contribution in [3.63, 3.8) is 0 Å². The van der Waals surface area contributed by atoms with Crippen molar-refractivity contribution in [2.75, 3.05) is 7.11 Å². The van der Waals surface area contributed by atoms with Crippen LogP contribution in [0, 0.1) is 0 Å². The number of nitrogens with zero attached hydrogens (tertiary/aromatic N) is 1. The van der Waals surface area contributed by atoms with Gasteiger partial charge in [0.2, 0.25) is 5.88 Å². The van der Waals surface area contributed by atoms with E-state index in [1.807, 2.05) is 36.4 Å². The third-order valence-corrected chi connectivity index (χ3v) is 2.69. The van der Waals surface area contributed by atoms with Crippen LogP contribution in [-0.2, 0) is 22.6 Å². The third kappa shape index (κ3) is 3.81. The highest BCUT2D eigenvalue weighted by atomic mass is 16.5. The molecule has 2 rings (SSSR count). The van der Waals surface area contributed by atoms with Crippen LogP contribution in [-0.4, -0.2) is 18.1 Å². The molecular formula is C15H15NO3. The van der Waals surface area contributed by atoms with Crippen LogP contribution < -0.4 is 4.74 Å². The van der Waals surface area contributed by atoms with Crippen LogP contribution in [0.25, 0.3) is 0 Å². The zero-order valence-electron chi connectivity index (χ0n) is 10.7. The fraction of sp³-hybridized carbons (Fsp3) is 0.200. The number of ether oxygens (including phenoxy) is 2. The highest BCUT2D eigenvalue weighted by molar-refractivity contribution is 5.72. The van der Waals surface area contributed by atoms with Gasteiger partial charge in [-0.1, -0.05) is 30.3 Å². The monoisotopic (exact) mass is 257 g/mol. The molecule has 0 saturated heterocycles. The molecule has 0 atom stereocenters. The van der Waals surface area contributed by atoms with Crippen molar-refractivity contribution in [3.8, 4) is 5.88 Å². The molecule has 0 radical (unpaired) electrons. The second-order valence-corrected chi connectivity index (χ2v) is 3.98. The topological polar surface area (TPSA) is 48.4 Å². The Balaban J connectivity index is 2.05. The van der Waals surface area contributed by atoms with Crippen LogP contribution >= 0.6 is 0 Å². The number of hydrogen-bond acceptors (Lipinski definition) is 4. The van der Waals surface area contributed by atoms with Gasteiger partial charge >= 0.3 is 5.97 Å². The van der Waals surface area contributed by atoms with Gasteiger partial charge in [-0.25, -0.2) is 4.98 Å². The van der Waals surface area contributed by atoms with E-state index in [4.69, 9.17) is 4.74 Å². The van der Waals surface area contributed by atoms with Crippen molar-refractivity contribution < 1.29 is 14.3 Å². The predicted molar refractivity (Wildman–Crippen MR) is 70.7 cm³/mol. The Labute approximate surface area is 112 Å². The molecule has 2 aromatic rings. The van der Waals surface area contributed by atoms with Crippen molar-refractivity contribution in [1.29, 1.82) is 0 Å². The van der Waals surface area contributed by atoms with E-state index in [1.54, 1.807) is 12.3 Å². The maximum absolute atomic E-state index is 11.3. The molecular weight excluding hydrogens is 242 g/mol. The van der Waals surface area contributed by atoms with Gasteiger partial charge in [-0.15, -0.1) is 0 Å². The quantitative estimate of drug-likeness (QED) is 0.772. The number of esters is 1. The molecule has 4 heteroatoms. The normalized spacial score (nSPS) is 9.95. The van der Waals surface area contributed by atoms with Crippen LogP contribution in [0.15, 0.2) is 48.7 Å². The molecule has 98 valence electrons. The maximum atomic E-state index is 11.3. The fourth-order valence-electron chi connectivity index (χ4n) is 1.68. The van der Waals surface area contributed by atoms with Crippen molar-refractivity contribution in [2.45, 2.75) is 13.0 Å². The van der Waals surface area contributed by atoms with E-state index in [-0.39, 0.29) is 12.4 Å². The van der Waals surface area contributed by atoms with Crippen molar-refractivity contribution in [1.82, 2.24) is 4.98 Å². The largest absolute Gasteiger partial charge is 0.473 e. The van der Waals surface area contributed by atoms with Gasteiger partial charge < -0.3 is 9.47 Å². The SMILES string of the molecule is COC(=O)Cc1ccccc1COc1ccccn1. The number of aromatic nitrogens is 1. The molecule has 19 heavy (non-hydrogen) atoms. The fourth-order valence-corrected chi connectivity index (χ4v) is 1.68. The Bertz CT molecular complexity index is 540. The highest BCUT2D eigenvalue weighted by Gasteiger charge is 2.08. The van der Waals surface area contributed by atoms with E-state index in [0.29, 0.717) is 12.5 Å². The van der Waals surface area contributed by atoms with E-state index < -0.39 is 0 Å². The molecule has 0 fully saturated rings. The molecule has 4 nitrogen and oxygen atoms in total. The molecule has 0 aliphatic carbocycles. The second kappa shape index (κ2) is 6.54. The summed E-state index contributed by atoms with van der Waals surface area (Å²) in [4.78, 5) is 15.4. The summed E-state index contributed by atoms with van der Waals surface area (Å²) in [5, 5.41) is 0. The van der Waals surface area contributed by atoms with Gasteiger partial charge in [0, 0.05) is 12.3 Å². The Morgan fingerprint density at radius 1 is 1.11 bits per heavy atom. The molecule has 0 unspecified atom stereocenters. The van der Waals surface area contributed by atoms with E-state index in [0.717, 1.165) is 11.1 Å². The Kier molecular flexibility index (Phi) is 4.50. The van der Waals surface area contributed by atoms with Crippen LogP contribution in [0.4, 0.5) is 0 Å². The smallest absolute Gasteiger partial charge is 0.309 e. The van der Waals surface area contributed by atoms with E-state index >= 15 is 0 Å². The van der Waals surface area contributed by atoms with Crippen LogP contribution in [0.1, 0.15) is 11.1 Å². The van der Waals surface area contributed by atoms with Gasteiger partial charge in [0.15, 0.2) is 0 Å². The van der Waals surface area contributed by atoms with Gasteiger partial charge in [-0.2, -0.15) is 0 Å². The lowest BCUT2D eigenvalue weighted by atomic mass is 10.1. The summed E-state index contributed by atoms with van der Waals surface area (Å²) in [5.74, 6) is 0.306. The van der Waals surface area contributed by atoms with E-state index in [9.17, 15) is 4.79 Å². The first-order valence-corrected chi connectivity index (χ1v) is 5.97. The number of pyridine rings is 1. The first-order valence-electron chi connectivity index (χ1n) is 5.97. The van der Waals surface area contributed by atoms with Crippen molar-refractivity contribution in [2.24, 2.45) is 0 Å². The number of carbonyl (C=O) groups excluding carboxylic acids is 1. The summed E-state index contributed by atoms with van der Waals surface area (Å²) in [5.41, 5.74) is 1.86. The summed E-state index contributed by atoms with van der Waals surface area (Å²) >= 11 is 0. The minimum Gasteiger partial charge on any atom is -0.473 e. The average molecular weight is 257 g/mol. The molecule has 0 bridgehead atoms. The van der Waals surface area contributed by atoms with Crippen molar-refractivity contribution >= 4 is 5.97 Å². The lowest BCUT2D eigenvalue weighted by Crippen LogP contribution is -2.08. The summed E-state index contributed by atoms with van der Waals surface area (Å²) in [6.07, 6.45) is 1.92. The molecule has 1 aromatic carbocycles. The number of benzene rings is 1. The lowest BCUT2D eigenvalue weighted by Gasteiger charge is -2.09. The minimum atomic E-state index is -0.259. The summed E-state index contributed by atoms with van der Waals surface area (Å²) in [6.45, 7) is 0.379. The molecule has 0 aliphatic rings. The first-order chi connectivity index (χ1) is 9.29. The minimum absolute atomic E-state index is 0.248. The third-order valence-electron chi connectivity index (χ3n) is 2.69. The molecule has 0 spiro atoms. The summed E-state index contributed by atoms with van der Waals surface area (Å²) in [7, 11) is 1.38. The van der Waals surface area contributed by atoms with Crippen LogP contribution in [0.2, 0.25) is 0 Å². The first kappa shape index (κ1) is 13.1. The zero-order valence-corrected chi connectivity index (χ0v) is 10.7. The number of carbonyl (C=O) groups is 1. The van der Waals surface area contributed by atoms with E-state index in [1.165, 1.54) is 7.11 Å². The molecule has 0 N–H and O–H groups in total. The lowest BCUT2D eigenvalue weighted by molar-refractivity contribution is -0.139. The van der Waals surface area contributed by atoms with Gasteiger partial charge in [0.25, 0.3) is 0 Å². The predicted octanol–water partition coefficient (Wildman–Crippen LogP) is 2.38. The zero-order chi connectivity index (χ0) is 13.5. The van der Waals surface area contributed by atoms with Crippen LogP contribution in [0.3, 0.4) is 0 Å². The standard InChI is InChI=1S/C15H15NO3/c1-18-15(17)10-12-6-2-3-7-13(12)11-19-14-8-4-5-9-16-14/h2-9H,10-11H2,1H3. The van der Waals surface area contributed by atoms with Crippen LogP contribution in [0.5, 0.6) is 5.88 Å². The molecule has 0 saturated carbocycles. The average Bonchev–Trinajstić information content (AvgIpc) is 2.47. The number of methoxy groups -OCH3 is 1. The Morgan fingerprint density at radius 3 is 2.53 bits per heavy atom. The van der Waals surface area contributed by atoms with Gasteiger partial charge in [0.05, 0.1) is 13.5 Å². The number of hydrogen-bond donors (Lipinski definition) is 0. The van der Waals surface area contributed by atoms with Gasteiger partial charge in [0.1, 0.15) is 6.61 Å². The molecule has 1 heterocycles. The van der Waals surface area contributed by atoms with E-state index in [2.05, 4.69) is 9.72 Å². The number of rotatable bonds is 5. The van der Waals surface area contributed by atoms with Gasteiger partial charge in [-0.3, -0.25) is 4.79 Å². The van der Waals surface area contributed by atoms with Crippen molar-refractivity contribution in [3.05, 3.63) is 59.8 Å². The summed E-state index contributed by atoms with van der Waals surface area (Å²) in [6, 6.07) is 13.1. The molecule has 0 amide bonds. The van der Waals surface area contributed by atoms with Gasteiger partial charge in [-0.05, 0) is 17.2 Å². The summed E-state index contributed by atoms with van der Waals surface area (Å²) < 4.78 is 10.3. The Hall–Kier alpha value is -2.36.